The number of hydrogen-bond acceptors (Lipinski definition) is 3. The number of ether oxygens (including phenoxy) is 1. The molecular formula is C25H36N2O2S. The van der Waals surface area contributed by atoms with E-state index in [1.165, 1.54) is 42.4 Å². The van der Waals surface area contributed by atoms with Gasteiger partial charge in [0.05, 0.1) is 12.1 Å². The van der Waals surface area contributed by atoms with Crippen molar-refractivity contribution >= 4 is 23.7 Å². The van der Waals surface area contributed by atoms with Crippen LogP contribution in [-0.2, 0) is 16.0 Å². The maximum absolute atomic E-state index is 11.7. The fraction of sp³-hybridized carbons (Fsp3) is 0.680. The Balaban J connectivity index is 1.65. The first-order valence-corrected chi connectivity index (χ1v) is 12.1. The minimum absolute atomic E-state index is 0.0494. The van der Waals surface area contributed by atoms with Crippen LogP contribution >= 0.6 is 12.2 Å². The molecule has 1 spiro atoms. The Kier molecular flexibility index (Phi) is 6.50. The van der Waals surface area contributed by atoms with Crippen molar-refractivity contribution < 1.29 is 9.53 Å². The van der Waals surface area contributed by atoms with Gasteiger partial charge in [0, 0.05) is 13.2 Å². The standard InChI is InChI=1S/C25H36N2O2S/c1-17(2)27(16-28)24(30)26-23-22-14-19(18-6-4-5-7-18)8-9-20(22)15-25(23)12-10-21(29-3)11-13-25/h8-9,14,16-18,21,23H,4-7,10-13,15H2,1-3H3,(H,26,30)/t21-,23?,25-. The number of amides is 1. The van der Waals surface area contributed by atoms with Crippen LogP contribution in [-0.4, -0.2) is 35.7 Å². The molecule has 1 aromatic carbocycles. The summed E-state index contributed by atoms with van der Waals surface area (Å²) in [6.45, 7) is 4.01. The molecule has 5 heteroatoms. The Morgan fingerprint density at radius 2 is 1.93 bits per heavy atom. The highest BCUT2D eigenvalue weighted by Gasteiger charge is 2.48. The highest BCUT2D eigenvalue weighted by atomic mass is 32.1. The zero-order chi connectivity index (χ0) is 21.3. The normalized spacial score (nSPS) is 28.7. The number of thiocarbonyl (C=S) groups is 1. The van der Waals surface area contributed by atoms with Gasteiger partial charge in [-0.05, 0) is 99.0 Å². The van der Waals surface area contributed by atoms with Gasteiger partial charge in [-0.25, -0.2) is 0 Å². The van der Waals surface area contributed by atoms with Gasteiger partial charge in [-0.2, -0.15) is 0 Å². The number of rotatable bonds is 5. The van der Waals surface area contributed by atoms with Crippen LogP contribution in [0.5, 0.6) is 0 Å². The van der Waals surface area contributed by atoms with Gasteiger partial charge in [0.1, 0.15) is 0 Å². The van der Waals surface area contributed by atoms with Crippen LogP contribution in [0.4, 0.5) is 0 Å². The number of carbonyl (C=O) groups excluding carboxylic acids is 1. The Bertz CT molecular complexity index is 779. The molecule has 2 fully saturated rings. The van der Waals surface area contributed by atoms with E-state index in [-0.39, 0.29) is 17.5 Å². The van der Waals surface area contributed by atoms with E-state index >= 15 is 0 Å². The summed E-state index contributed by atoms with van der Waals surface area (Å²) in [7, 11) is 1.83. The third kappa shape index (κ3) is 4.03. The first kappa shape index (κ1) is 21.8. The summed E-state index contributed by atoms with van der Waals surface area (Å²) in [6.07, 6.45) is 12.1. The van der Waals surface area contributed by atoms with E-state index in [1.807, 2.05) is 21.0 Å². The van der Waals surface area contributed by atoms with Gasteiger partial charge in [0.2, 0.25) is 6.41 Å². The molecule has 164 valence electrons. The summed E-state index contributed by atoms with van der Waals surface area (Å²) in [5, 5.41) is 4.22. The van der Waals surface area contributed by atoms with Gasteiger partial charge in [0.25, 0.3) is 0 Å². The number of methoxy groups -OCH3 is 1. The average molecular weight is 429 g/mol. The molecule has 4 nitrogen and oxygen atoms in total. The Labute approximate surface area is 186 Å². The summed E-state index contributed by atoms with van der Waals surface area (Å²) in [5.74, 6) is 0.700. The summed E-state index contributed by atoms with van der Waals surface area (Å²) >= 11 is 5.71. The van der Waals surface area contributed by atoms with E-state index in [1.54, 1.807) is 4.90 Å². The van der Waals surface area contributed by atoms with Crippen molar-refractivity contribution in [1.82, 2.24) is 10.2 Å². The van der Waals surface area contributed by atoms with Crippen LogP contribution in [0.2, 0.25) is 0 Å². The first-order chi connectivity index (χ1) is 14.5. The predicted molar refractivity (Wildman–Crippen MR) is 125 cm³/mol. The molecule has 0 heterocycles. The fourth-order valence-corrected chi connectivity index (χ4v) is 6.44. The van der Waals surface area contributed by atoms with Gasteiger partial charge in [-0.1, -0.05) is 31.0 Å². The average Bonchev–Trinajstić information content (AvgIpc) is 3.36. The van der Waals surface area contributed by atoms with Crippen molar-refractivity contribution in [2.75, 3.05) is 7.11 Å². The van der Waals surface area contributed by atoms with Crippen molar-refractivity contribution in [2.45, 2.75) is 95.7 Å². The topological polar surface area (TPSA) is 41.6 Å². The molecule has 1 unspecified atom stereocenters. The van der Waals surface area contributed by atoms with Crippen LogP contribution in [0, 0.1) is 5.41 Å². The van der Waals surface area contributed by atoms with E-state index < -0.39 is 0 Å². The zero-order valence-electron chi connectivity index (χ0n) is 18.7. The highest BCUT2D eigenvalue weighted by molar-refractivity contribution is 7.80. The number of benzene rings is 1. The summed E-state index contributed by atoms with van der Waals surface area (Å²) in [6, 6.07) is 7.42. The van der Waals surface area contributed by atoms with Crippen LogP contribution < -0.4 is 5.32 Å². The third-order valence-electron chi connectivity index (χ3n) is 7.90. The Morgan fingerprint density at radius 1 is 1.23 bits per heavy atom. The van der Waals surface area contributed by atoms with E-state index in [9.17, 15) is 4.79 Å². The number of carbonyl (C=O) groups is 1. The Hall–Kier alpha value is -1.46. The predicted octanol–water partition coefficient (Wildman–Crippen LogP) is 5.26. The van der Waals surface area contributed by atoms with Crippen LogP contribution in [0.1, 0.15) is 93.9 Å². The minimum Gasteiger partial charge on any atom is -0.381 e. The first-order valence-electron chi connectivity index (χ1n) is 11.7. The SMILES string of the molecule is CO[C@H]1CC[C@]2(CC1)Cc1ccc(C3CCCC3)cc1C2NC(=S)N(C=O)C(C)C. The molecule has 3 aliphatic rings. The maximum atomic E-state index is 11.7. The van der Waals surface area contributed by atoms with Crippen LogP contribution in [0.25, 0.3) is 0 Å². The monoisotopic (exact) mass is 428 g/mol. The van der Waals surface area contributed by atoms with Gasteiger partial charge < -0.3 is 10.1 Å². The molecular weight excluding hydrogens is 392 g/mol. The third-order valence-corrected chi connectivity index (χ3v) is 8.23. The molecule has 30 heavy (non-hydrogen) atoms. The molecule has 0 bridgehead atoms. The lowest BCUT2D eigenvalue weighted by Gasteiger charge is -2.43. The summed E-state index contributed by atoms with van der Waals surface area (Å²) in [5.41, 5.74) is 4.51. The molecule has 4 rings (SSSR count). The molecule has 3 aliphatic carbocycles. The molecule has 0 aliphatic heterocycles. The Morgan fingerprint density at radius 3 is 2.53 bits per heavy atom. The molecule has 0 aromatic heterocycles. The van der Waals surface area contributed by atoms with Gasteiger partial charge in [-0.3, -0.25) is 9.69 Å². The second kappa shape index (κ2) is 8.96. The molecule has 1 amide bonds. The van der Waals surface area contributed by atoms with Gasteiger partial charge >= 0.3 is 0 Å². The lowest BCUT2D eigenvalue weighted by molar-refractivity contribution is -0.115. The quantitative estimate of drug-likeness (QED) is 0.513. The second-order valence-corrected chi connectivity index (χ2v) is 10.3. The number of hydrogen-bond donors (Lipinski definition) is 1. The van der Waals surface area contributed by atoms with E-state index in [0.717, 1.165) is 38.5 Å². The van der Waals surface area contributed by atoms with E-state index in [2.05, 4.69) is 23.5 Å². The number of fused-ring (bicyclic) bond motifs is 1. The molecule has 1 aromatic rings. The fourth-order valence-electron chi connectivity index (χ4n) is 6.07. The maximum Gasteiger partial charge on any atom is 0.216 e. The second-order valence-electron chi connectivity index (χ2n) is 9.90. The summed E-state index contributed by atoms with van der Waals surface area (Å²) < 4.78 is 5.66. The molecule has 1 atom stereocenters. The van der Waals surface area contributed by atoms with Crippen LogP contribution in [0.3, 0.4) is 0 Å². The smallest absolute Gasteiger partial charge is 0.216 e. The highest BCUT2D eigenvalue weighted by Crippen LogP contribution is 2.55. The molecule has 2 saturated carbocycles. The van der Waals surface area contributed by atoms with Gasteiger partial charge in [-0.15, -0.1) is 0 Å². The molecule has 1 N–H and O–H groups in total. The minimum atomic E-state index is 0.0494. The molecule has 0 radical (unpaired) electrons. The van der Waals surface area contributed by atoms with E-state index in [0.29, 0.717) is 17.1 Å². The lowest BCUT2D eigenvalue weighted by Crippen LogP contribution is -2.48. The van der Waals surface area contributed by atoms with Crippen molar-refractivity contribution in [2.24, 2.45) is 5.41 Å². The molecule has 0 saturated heterocycles. The van der Waals surface area contributed by atoms with Crippen molar-refractivity contribution in [1.29, 1.82) is 0 Å². The van der Waals surface area contributed by atoms with Crippen molar-refractivity contribution in [3.8, 4) is 0 Å². The largest absolute Gasteiger partial charge is 0.381 e. The number of nitrogens with zero attached hydrogens (tertiary/aromatic N) is 1. The number of nitrogens with one attached hydrogen (secondary N) is 1. The van der Waals surface area contributed by atoms with E-state index in [4.69, 9.17) is 17.0 Å². The summed E-state index contributed by atoms with van der Waals surface area (Å²) in [4.78, 5) is 13.3. The van der Waals surface area contributed by atoms with Crippen LogP contribution in [0.15, 0.2) is 18.2 Å². The van der Waals surface area contributed by atoms with Crippen molar-refractivity contribution in [3.63, 3.8) is 0 Å². The lowest BCUT2D eigenvalue weighted by atomic mass is 9.68. The zero-order valence-corrected chi connectivity index (χ0v) is 19.5. The van der Waals surface area contributed by atoms with Gasteiger partial charge in [0.15, 0.2) is 5.11 Å². The van der Waals surface area contributed by atoms with Crippen molar-refractivity contribution in [3.05, 3.63) is 34.9 Å².